The van der Waals surface area contributed by atoms with Gasteiger partial charge in [0.1, 0.15) is 6.26 Å². The van der Waals surface area contributed by atoms with E-state index in [1.165, 1.54) is 11.2 Å². The third-order valence-corrected chi connectivity index (χ3v) is 1.02. The quantitative estimate of drug-likeness (QED) is 0.302. The highest BCUT2D eigenvalue weighted by Crippen LogP contribution is 2.02. The van der Waals surface area contributed by atoms with E-state index in [1.54, 1.807) is 6.20 Å². The molecule has 1 aliphatic rings. The monoisotopic (exact) mass is 132 g/mol. The number of hydrogen-bond donors (Lipinski definition) is 1. The van der Waals surface area contributed by atoms with Gasteiger partial charge in [-0.2, -0.15) is 0 Å². The molecular formula is C4H5ClN2O. The number of nitrogens with zero attached hydrogens (tertiary/aromatic N) is 1. The minimum absolute atomic E-state index is 0.0150. The molecule has 0 atom stereocenters. The Labute approximate surface area is 52.0 Å². The van der Waals surface area contributed by atoms with E-state index in [0.29, 0.717) is 6.73 Å². The van der Waals surface area contributed by atoms with Crippen LogP contribution < -0.4 is 0 Å². The van der Waals surface area contributed by atoms with Crippen LogP contribution in [0.4, 0.5) is 0 Å². The Kier molecular flexibility index (Phi) is 1.39. The van der Waals surface area contributed by atoms with Crippen LogP contribution in [0.3, 0.4) is 0 Å². The summed E-state index contributed by atoms with van der Waals surface area (Å²) < 4.78 is 4.74. The van der Waals surface area contributed by atoms with Crippen LogP contribution >= 0.6 is 11.6 Å². The molecule has 1 rings (SSSR count). The van der Waals surface area contributed by atoms with Crippen molar-refractivity contribution in [3.05, 3.63) is 12.5 Å². The van der Waals surface area contributed by atoms with Gasteiger partial charge in [-0.1, -0.05) is 0 Å². The second-order valence-electron chi connectivity index (χ2n) is 1.34. The predicted octanol–water partition coefficient (Wildman–Crippen LogP) is 0.921. The summed E-state index contributed by atoms with van der Waals surface area (Å²) in [7, 11) is 0. The summed E-state index contributed by atoms with van der Waals surface area (Å²) in [6, 6.07) is 0. The molecule has 0 bridgehead atoms. The molecule has 0 radical (unpaired) electrons. The summed E-state index contributed by atoms with van der Waals surface area (Å²) >= 11 is 5.26. The lowest BCUT2D eigenvalue weighted by Gasteiger charge is -2.06. The molecule has 8 heavy (non-hydrogen) atoms. The average molecular weight is 133 g/mol. The van der Waals surface area contributed by atoms with Gasteiger partial charge >= 0.3 is 0 Å². The summed E-state index contributed by atoms with van der Waals surface area (Å²) in [5, 5.41) is 6.84. The fourth-order valence-electron chi connectivity index (χ4n) is 0.405. The number of rotatable bonds is 0. The molecule has 0 aromatic carbocycles. The Balaban J connectivity index is 2.48. The van der Waals surface area contributed by atoms with Crippen LogP contribution in [0.1, 0.15) is 0 Å². The maximum Gasteiger partial charge on any atom is 0.197 e. The molecule has 0 saturated heterocycles. The molecule has 4 heteroatoms. The predicted molar refractivity (Wildman–Crippen MR) is 30.5 cm³/mol. The Hall–Kier alpha value is -0.700. The van der Waals surface area contributed by atoms with E-state index in [1.807, 2.05) is 0 Å². The standard InChI is InChI=1S/C4H5ClN2O/c5-4(6)7-1-2-8-3-7/h1-2,6H,3H2. The zero-order chi connectivity index (χ0) is 5.98. The van der Waals surface area contributed by atoms with Crippen LogP contribution in [-0.4, -0.2) is 16.9 Å². The van der Waals surface area contributed by atoms with Crippen LogP contribution in [0.25, 0.3) is 0 Å². The highest BCUT2D eigenvalue weighted by Gasteiger charge is 2.06. The molecule has 1 aliphatic heterocycles. The largest absolute Gasteiger partial charge is 0.479 e. The third-order valence-electron chi connectivity index (χ3n) is 0.803. The Bertz CT molecular complexity index is 134. The maximum absolute atomic E-state index is 6.85. The van der Waals surface area contributed by atoms with Crippen LogP contribution in [0, 0.1) is 5.41 Å². The molecule has 1 heterocycles. The first-order valence-corrected chi connectivity index (χ1v) is 2.47. The van der Waals surface area contributed by atoms with Gasteiger partial charge in [0.25, 0.3) is 0 Å². The normalized spacial score (nSPS) is 16.4. The Morgan fingerprint density at radius 3 is 2.88 bits per heavy atom. The van der Waals surface area contributed by atoms with Crippen molar-refractivity contribution < 1.29 is 4.74 Å². The van der Waals surface area contributed by atoms with Crippen LogP contribution in [0.15, 0.2) is 12.5 Å². The molecule has 3 nitrogen and oxygen atoms in total. The van der Waals surface area contributed by atoms with E-state index in [0.717, 1.165) is 0 Å². The molecule has 0 unspecified atom stereocenters. The number of hydrogen-bond acceptors (Lipinski definition) is 2. The summed E-state index contributed by atoms with van der Waals surface area (Å²) in [5.41, 5.74) is 0. The smallest absolute Gasteiger partial charge is 0.197 e. The molecule has 0 saturated carbocycles. The first-order chi connectivity index (χ1) is 3.80. The molecule has 0 spiro atoms. The number of ether oxygens (including phenoxy) is 1. The SMILES string of the molecule is N=C(Cl)N1C=COC1. The lowest BCUT2D eigenvalue weighted by atomic mass is 10.8. The third kappa shape index (κ3) is 0.924. The van der Waals surface area contributed by atoms with Crippen molar-refractivity contribution in [1.29, 1.82) is 5.41 Å². The average Bonchev–Trinajstić information content (AvgIpc) is 2.12. The van der Waals surface area contributed by atoms with Crippen LogP contribution in [0.5, 0.6) is 0 Å². The van der Waals surface area contributed by atoms with Crippen molar-refractivity contribution in [3.63, 3.8) is 0 Å². The topological polar surface area (TPSA) is 36.3 Å². The first-order valence-electron chi connectivity index (χ1n) is 2.09. The highest BCUT2D eigenvalue weighted by atomic mass is 35.5. The second kappa shape index (κ2) is 2.05. The number of amidine groups is 1. The van der Waals surface area contributed by atoms with Crippen LogP contribution in [0.2, 0.25) is 0 Å². The van der Waals surface area contributed by atoms with Gasteiger partial charge in [-0.25, -0.2) is 0 Å². The van der Waals surface area contributed by atoms with Gasteiger partial charge < -0.3 is 4.74 Å². The van der Waals surface area contributed by atoms with Gasteiger partial charge in [-0.3, -0.25) is 10.3 Å². The summed E-state index contributed by atoms with van der Waals surface area (Å²) in [5.74, 6) is 0. The van der Waals surface area contributed by atoms with Crippen molar-refractivity contribution in [2.24, 2.45) is 0 Å². The first kappa shape index (κ1) is 5.44. The van der Waals surface area contributed by atoms with Gasteiger partial charge in [0.15, 0.2) is 12.0 Å². The van der Waals surface area contributed by atoms with E-state index >= 15 is 0 Å². The Morgan fingerprint density at radius 1 is 1.88 bits per heavy atom. The zero-order valence-corrected chi connectivity index (χ0v) is 4.85. The van der Waals surface area contributed by atoms with Crippen molar-refractivity contribution in [3.8, 4) is 0 Å². The lowest BCUT2D eigenvalue weighted by molar-refractivity contribution is 0.217. The van der Waals surface area contributed by atoms with Crippen LogP contribution in [-0.2, 0) is 4.74 Å². The molecule has 0 fully saturated rings. The van der Waals surface area contributed by atoms with Crippen molar-refractivity contribution in [1.82, 2.24) is 4.90 Å². The van der Waals surface area contributed by atoms with Gasteiger partial charge in [0.2, 0.25) is 0 Å². The minimum atomic E-state index is -0.0150. The summed E-state index contributed by atoms with van der Waals surface area (Å²) in [6.45, 7) is 0.363. The van der Waals surface area contributed by atoms with Crippen molar-refractivity contribution >= 4 is 16.9 Å². The maximum atomic E-state index is 6.85. The van der Waals surface area contributed by atoms with E-state index in [9.17, 15) is 0 Å². The summed E-state index contributed by atoms with van der Waals surface area (Å²) in [4.78, 5) is 1.47. The van der Waals surface area contributed by atoms with Crippen molar-refractivity contribution in [2.75, 3.05) is 6.73 Å². The second-order valence-corrected chi connectivity index (χ2v) is 1.70. The van der Waals surface area contributed by atoms with Gasteiger partial charge in [0, 0.05) is 6.20 Å². The number of halogens is 1. The molecule has 0 amide bonds. The zero-order valence-electron chi connectivity index (χ0n) is 4.10. The minimum Gasteiger partial charge on any atom is -0.479 e. The van der Waals surface area contributed by atoms with Crippen molar-refractivity contribution in [2.45, 2.75) is 0 Å². The summed E-state index contributed by atoms with van der Waals surface area (Å²) in [6.07, 6.45) is 3.10. The van der Waals surface area contributed by atoms with E-state index in [4.69, 9.17) is 21.7 Å². The fourth-order valence-corrected chi connectivity index (χ4v) is 0.510. The van der Waals surface area contributed by atoms with E-state index in [-0.39, 0.29) is 5.29 Å². The molecule has 0 aromatic heterocycles. The van der Waals surface area contributed by atoms with Gasteiger partial charge in [0.05, 0.1) is 0 Å². The van der Waals surface area contributed by atoms with Gasteiger partial charge in [-0.15, -0.1) is 0 Å². The van der Waals surface area contributed by atoms with Gasteiger partial charge in [-0.05, 0) is 11.6 Å². The van der Waals surface area contributed by atoms with E-state index in [2.05, 4.69) is 0 Å². The molecular weight excluding hydrogens is 128 g/mol. The Morgan fingerprint density at radius 2 is 2.62 bits per heavy atom. The molecule has 44 valence electrons. The number of nitrogens with one attached hydrogen (secondary N) is 1. The highest BCUT2D eigenvalue weighted by molar-refractivity contribution is 6.63. The molecule has 0 aromatic rings. The molecule has 0 aliphatic carbocycles. The molecule has 1 N–H and O–H groups in total. The lowest BCUT2D eigenvalue weighted by Crippen LogP contribution is -2.17. The van der Waals surface area contributed by atoms with E-state index < -0.39 is 0 Å². The fraction of sp³-hybridized carbons (Fsp3) is 0.250.